The fourth-order valence-corrected chi connectivity index (χ4v) is 1.54. The Hall–Kier alpha value is -2.65. The summed E-state index contributed by atoms with van der Waals surface area (Å²) < 4.78 is 55.5. The number of aliphatic carboxylic acids is 1. The maximum absolute atomic E-state index is 13.2. The van der Waals surface area contributed by atoms with Crippen LogP contribution in [0.2, 0.25) is 0 Å². The number of nitrogens with two attached hydrogens (primary N) is 1. The number of benzene rings is 1. The lowest BCUT2D eigenvalue weighted by molar-refractivity contribution is -0.161. The van der Waals surface area contributed by atoms with Gasteiger partial charge in [-0.3, -0.25) is 9.79 Å². The SMILES string of the molecule is CC(=O)O[C@@H](CN=C(N)c1cc(F)cc(C(F)(F)F)c1)C(=O)O. The van der Waals surface area contributed by atoms with Gasteiger partial charge in [0, 0.05) is 12.5 Å². The van der Waals surface area contributed by atoms with Crippen molar-refractivity contribution in [2.45, 2.75) is 19.2 Å². The van der Waals surface area contributed by atoms with Crippen LogP contribution in [0.3, 0.4) is 0 Å². The molecule has 0 amide bonds. The Labute approximate surface area is 127 Å². The number of rotatable bonds is 5. The minimum atomic E-state index is -4.78. The number of esters is 1. The molecule has 1 rings (SSSR count). The first-order valence-corrected chi connectivity index (χ1v) is 6.09. The Kier molecular flexibility index (Phi) is 5.66. The second-order valence-corrected chi connectivity index (χ2v) is 4.39. The molecule has 126 valence electrons. The van der Waals surface area contributed by atoms with Crippen LogP contribution in [0.1, 0.15) is 18.1 Å². The number of carbonyl (C=O) groups excluding carboxylic acids is 1. The van der Waals surface area contributed by atoms with Crippen molar-refractivity contribution in [3.8, 4) is 0 Å². The molecule has 0 saturated carbocycles. The number of hydrogen-bond acceptors (Lipinski definition) is 4. The third kappa shape index (κ3) is 5.57. The summed E-state index contributed by atoms with van der Waals surface area (Å²) in [4.78, 5) is 25.1. The number of hydrogen-bond donors (Lipinski definition) is 2. The average Bonchev–Trinajstić information content (AvgIpc) is 2.40. The topological polar surface area (TPSA) is 102 Å². The highest BCUT2D eigenvalue weighted by molar-refractivity contribution is 5.97. The molecule has 0 radical (unpaired) electrons. The van der Waals surface area contributed by atoms with Crippen LogP contribution in [0.25, 0.3) is 0 Å². The third-order valence-electron chi connectivity index (χ3n) is 2.53. The quantitative estimate of drug-likeness (QED) is 0.368. The Balaban J connectivity index is 3.04. The van der Waals surface area contributed by atoms with Gasteiger partial charge in [-0.15, -0.1) is 0 Å². The monoisotopic (exact) mass is 336 g/mol. The lowest BCUT2D eigenvalue weighted by atomic mass is 10.1. The van der Waals surface area contributed by atoms with E-state index in [1.165, 1.54) is 0 Å². The van der Waals surface area contributed by atoms with Crippen molar-refractivity contribution in [1.82, 2.24) is 0 Å². The fraction of sp³-hybridized carbons (Fsp3) is 0.308. The summed E-state index contributed by atoms with van der Waals surface area (Å²) in [6, 6.07) is 1.58. The van der Waals surface area contributed by atoms with Crippen LogP contribution in [0, 0.1) is 5.82 Å². The van der Waals surface area contributed by atoms with Gasteiger partial charge in [0.1, 0.15) is 11.7 Å². The molecule has 0 spiro atoms. The predicted molar refractivity (Wildman–Crippen MR) is 70.2 cm³/mol. The van der Waals surface area contributed by atoms with Crippen LogP contribution >= 0.6 is 0 Å². The summed E-state index contributed by atoms with van der Waals surface area (Å²) in [6.45, 7) is 0.351. The summed E-state index contributed by atoms with van der Waals surface area (Å²) in [5.41, 5.74) is 3.80. The molecule has 0 aliphatic carbocycles. The first kappa shape index (κ1) is 18.4. The Morgan fingerprint density at radius 2 is 1.96 bits per heavy atom. The molecule has 0 aliphatic heterocycles. The minimum Gasteiger partial charge on any atom is -0.478 e. The van der Waals surface area contributed by atoms with E-state index < -0.39 is 48.0 Å². The molecule has 23 heavy (non-hydrogen) atoms. The van der Waals surface area contributed by atoms with E-state index in [-0.39, 0.29) is 11.6 Å². The summed E-state index contributed by atoms with van der Waals surface area (Å²) in [6.07, 6.45) is -6.43. The number of carboxylic acid groups (broad SMARTS) is 1. The molecular weight excluding hydrogens is 324 g/mol. The Morgan fingerprint density at radius 1 is 1.35 bits per heavy atom. The number of amidine groups is 1. The van der Waals surface area contributed by atoms with Crippen LogP contribution in [0.5, 0.6) is 0 Å². The van der Waals surface area contributed by atoms with Gasteiger partial charge in [0.2, 0.25) is 6.10 Å². The number of nitrogens with zero attached hydrogens (tertiary/aromatic N) is 1. The van der Waals surface area contributed by atoms with Gasteiger partial charge in [0.25, 0.3) is 0 Å². The molecule has 0 bridgehead atoms. The van der Waals surface area contributed by atoms with Gasteiger partial charge in [-0.2, -0.15) is 13.2 Å². The molecule has 1 aromatic rings. The van der Waals surface area contributed by atoms with Crippen LogP contribution in [0.15, 0.2) is 23.2 Å². The molecule has 0 heterocycles. The summed E-state index contributed by atoms with van der Waals surface area (Å²) in [5.74, 6) is -4.08. The first-order valence-electron chi connectivity index (χ1n) is 6.09. The van der Waals surface area contributed by atoms with Gasteiger partial charge in [-0.1, -0.05) is 0 Å². The molecule has 0 aliphatic rings. The van der Waals surface area contributed by atoms with E-state index in [1.807, 2.05) is 0 Å². The van der Waals surface area contributed by atoms with E-state index in [2.05, 4.69) is 9.73 Å². The fourth-order valence-electron chi connectivity index (χ4n) is 1.54. The van der Waals surface area contributed by atoms with Gasteiger partial charge in [0.15, 0.2) is 0 Å². The van der Waals surface area contributed by atoms with Crippen LogP contribution < -0.4 is 5.73 Å². The lowest BCUT2D eigenvalue weighted by Gasteiger charge is -2.11. The van der Waals surface area contributed by atoms with Gasteiger partial charge >= 0.3 is 18.1 Å². The van der Waals surface area contributed by atoms with E-state index in [4.69, 9.17) is 10.8 Å². The smallest absolute Gasteiger partial charge is 0.416 e. The zero-order valence-corrected chi connectivity index (χ0v) is 11.7. The molecule has 10 heteroatoms. The normalized spacial score (nSPS) is 13.5. The highest BCUT2D eigenvalue weighted by Crippen LogP contribution is 2.30. The molecule has 6 nitrogen and oxygen atoms in total. The average molecular weight is 336 g/mol. The van der Waals surface area contributed by atoms with Crippen molar-refractivity contribution in [1.29, 1.82) is 0 Å². The van der Waals surface area contributed by atoms with Crippen molar-refractivity contribution < 1.29 is 37.0 Å². The zero-order valence-electron chi connectivity index (χ0n) is 11.7. The lowest BCUT2D eigenvalue weighted by Crippen LogP contribution is -2.30. The maximum atomic E-state index is 13.2. The number of carboxylic acids is 1. The van der Waals surface area contributed by atoms with Crippen molar-refractivity contribution in [2.24, 2.45) is 10.7 Å². The van der Waals surface area contributed by atoms with Crippen LogP contribution in [-0.4, -0.2) is 35.5 Å². The number of ether oxygens (including phenoxy) is 1. The third-order valence-corrected chi connectivity index (χ3v) is 2.53. The van der Waals surface area contributed by atoms with E-state index in [0.29, 0.717) is 6.07 Å². The highest BCUT2D eigenvalue weighted by Gasteiger charge is 2.31. The van der Waals surface area contributed by atoms with Gasteiger partial charge < -0.3 is 15.6 Å². The number of alkyl halides is 3. The predicted octanol–water partition coefficient (Wildman–Crippen LogP) is 1.57. The largest absolute Gasteiger partial charge is 0.478 e. The highest BCUT2D eigenvalue weighted by atomic mass is 19.4. The summed E-state index contributed by atoms with van der Waals surface area (Å²) >= 11 is 0. The molecule has 0 aromatic heterocycles. The Morgan fingerprint density at radius 3 is 2.43 bits per heavy atom. The standard InChI is InChI=1S/C13H12F4N2O4/c1-6(20)23-10(12(21)22)5-19-11(18)7-2-8(13(15,16)17)4-9(14)3-7/h2-4,10H,5H2,1H3,(H2,18,19)(H,21,22)/t10-/m0/s1. The van der Waals surface area contributed by atoms with Gasteiger partial charge in [-0.25, -0.2) is 9.18 Å². The minimum absolute atomic E-state index is 0.287. The van der Waals surface area contributed by atoms with E-state index in [0.717, 1.165) is 13.0 Å². The van der Waals surface area contributed by atoms with Crippen LogP contribution in [-0.2, 0) is 20.5 Å². The zero-order chi connectivity index (χ0) is 17.8. The van der Waals surface area contributed by atoms with E-state index >= 15 is 0 Å². The molecular formula is C13H12F4N2O4. The molecule has 1 aromatic carbocycles. The van der Waals surface area contributed by atoms with Crippen LogP contribution in [0.4, 0.5) is 17.6 Å². The first-order chi connectivity index (χ1) is 10.5. The van der Waals surface area contributed by atoms with E-state index in [1.54, 1.807) is 0 Å². The van der Waals surface area contributed by atoms with Crippen molar-refractivity contribution in [2.75, 3.05) is 6.54 Å². The Bertz CT molecular complexity index is 643. The van der Waals surface area contributed by atoms with Crippen molar-refractivity contribution in [3.05, 3.63) is 35.1 Å². The van der Waals surface area contributed by atoms with Crippen molar-refractivity contribution in [3.63, 3.8) is 0 Å². The second kappa shape index (κ2) is 7.07. The summed E-state index contributed by atoms with van der Waals surface area (Å²) in [5, 5.41) is 8.80. The van der Waals surface area contributed by atoms with Gasteiger partial charge in [0.05, 0.1) is 12.1 Å². The molecule has 0 unspecified atom stereocenters. The second-order valence-electron chi connectivity index (χ2n) is 4.39. The number of halogens is 4. The molecule has 0 saturated heterocycles. The van der Waals surface area contributed by atoms with Gasteiger partial charge in [-0.05, 0) is 18.2 Å². The molecule has 3 N–H and O–H groups in total. The van der Waals surface area contributed by atoms with E-state index in [9.17, 15) is 27.2 Å². The number of carbonyl (C=O) groups is 2. The summed E-state index contributed by atoms with van der Waals surface area (Å²) in [7, 11) is 0. The number of aliphatic imine (C=N–C) groups is 1. The maximum Gasteiger partial charge on any atom is 0.416 e. The molecule has 1 atom stereocenters. The molecule has 0 fully saturated rings. The van der Waals surface area contributed by atoms with Crippen molar-refractivity contribution >= 4 is 17.8 Å².